The number of rotatable bonds is 4. The highest BCUT2D eigenvalue weighted by atomic mass is 32.1. The third-order valence-corrected chi connectivity index (χ3v) is 4.05. The van der Waals surface area contributed by atoms with E-state index < -0.39 is 6.10 Å². The van der Waals surface area contributed by atoms with Gasteiger partial charge in [0.05, 0.1) is 16.0 Å². The topological polar surface area (TPSA) is 77.0 Å². The molecule has 0 spiro atoms. The predicted molar refractivity (Wildman–Crippen MR) is 80.6 cm³/mol. The summed E-state index contributed by atoms with van der Waals surface area (Å²) in [7, 11) is 0. The summed E-state index contributed by atoms with van der Waals surface area (Å²) in [4.78, 5) is 8.78. The van der Waals surface area contributed by atoms with E-state index in [0.717, 1.165) is 29.0 Å². The van der Waals surface area contributed by atoms with Gasteiger partial charge in [0, 0.05) is 30.2 Å². The Bertz CT molecular complexity index is 718. The van der Waals surface area contributed by atoms with Crippen LogP contribution in [0, 0.1) is 0 Å². The van der Waals surface area contributed by atoms with Gasteiger partial charge in [0.25, 0.3) is 0 Å². The van der Waals surface area contributed by atoms with E-state index in [1.807, 2.05) is 34.3 Å². The molecule has 0 aliphatic carbocycles. The number of fused-ring (bicyclic) bond motifs is 1. The Morgan fingerprint density at radius 2 is 2.30 bits per heavy atom. The van der Waals surface area contributed by atoms with Gasteiger partial charge in [-0.05, 0) is 25.1 Å². The quantitative estimate of drug-likeness (QED) is 0.723. The molecule has 0 bridgehead atoms. The second-order valence-electron chi connectivity index (χ2n) is 4.72. The van der Waals surface area contributed by atoms with Gasteiger partial charge in [0.2, 0.25) is 0 Å². The smallest absolute Gasteiger partial charge is 0.138 e. The molecule has 104 valence electrons. The molecule has 0 saturated carbocycles. The number of thiazole rings is 1. The van der Waals surface area contributed by atoms with Crippen LogP contribution in [0.5, 0.6) is 0 Å². The first kappa shape index (κ1) is 13.1. The fourth-order valence-electron chi connectivity index (χ4n) is 2.30. The Morgan fingerprint density at radius 1 is 1.45 bits per heavy atom. The summed E-state index contributed by atoms with van der Waals surface area (Å²) in [5.41, 5.74) is 8.28. The van der Waals surface area contributed by atoms with Gasteiger partial charge in [-0.3, -0.25) is 0 Å². The summed E-state index contributed by atoms with van der Waals surface area (Å²) >= 11 is 1.64. The van der Waals surface area contributed by atoms with E-state index in [-0.39, 0.29) is 0 Å². The summed E-state index contributed by atoms with van der Waals surface area (Å²) in [5, 5.41) is 13.0. The van der Waals surface area contributed by atoms with E-state index in [4.69, 9.17) is 5.73 Å². The summed E-state index contributed by atoms with van der Waals surface area (Å²) in [5.74, 6) is 0.669. The molecular formula is C14H16N4OS. The average molecular weight is 288 g/mol. The molecule has 1 atom stereocenters. The lowest BCUT2D eigenvalue weighted by molar-refractivity contribution is 0.184. The predicted octanol–water partition coefficient (Wildman–Crippen LogP) is 2.37. The van der Waals surface area contributed by atoms with Gasteiger partial charge in [-0.2, -0.15) is 0 Å². The van der Waals surface area contributed by atoms with E-state index in [0.29, 0.717) is 11.5 Å². The van der Waals surface area contributed by atoms with Crippen molar-refractivity contribution in [2.75, 3.05) is 5.73 Å². The molecular weight excluding hydrogens is 272 g/mol. The molecule has 0 radical (unpaired) electrons. The Morgan fingerprint density at radius 3 is 3.00 bits per heavy atom. The number of aliphatic hydroxyl groups excluding tert-OH is 1. The summed E-state index contributed by atoms with van der Waals surface area (Å²) in [6, 6.07) is 5.64. The van der Waals surface area contributed by atoms with Crippen LogP contribution >= 0.6 is 11.3 Å². The number of hydrogen-bond acceptors (Lipinski definition) is 5. The van der Waals surface area contributed by atoms with Crippen molar-refractivity contribution in [2.45, 2.75) is 26.0 Å². The molecule has 3 aromatic rings. The monoisotopic (exact) mass is 288 g/mol. The normalized spacial score (nSPS) is 12.9. The molecule has 0 aliphatic heterocycles. The SMILES string of the molecule is CC(O)c1nc2cc(N)ccc2n1CCc1nccs1. The molecule has 20 heavy (non-hydrogen) atoms. The zero-order chi connectivity index (χ0) is 14.1. The zero-order valence-corrected chi connectivity index (χ0v) is 12.0. The second-order valence-corrected chi connectivity index (χ2v) is 5.70. The molecule has 2 aromatic heterocycles. The van der Waals surface area contributed by atoms with E-state index in [2.05, 4.69) is 9.97 Å². The Balaban J connectivity index is 2.00. The van der Waals surface area contributed by atoms with Gasteiger partial charge in [0.1, 0.15) is 11.9 Å². The largest absolute Gasteiger partial charge is 0.399 e. The summed E-state index contributed by atoms with van der Waals surface area (Å²) in [6.07, 6.45) is 2.02. The molecule has 5 nitrogen and oxygen atoms in total. The van der Waals surface area contributed by atoms with Gasteiger partial charge in [-0.25, -0.2) is 9.97 Å². The van der Waals surface area contributed by atoms with E-state index in [9.17, 15) is 5.11 Å². The fraction of sp³-hybridized carbons (Fsp3) is 0.286. The first-order valence-electron chi connectivity index (χ1n) is 6.47. The Labute approximate surface area is 120 Å². The number of anilines is 1. The number of nitrogens with two attached hydrogens (primary N) is 1. The first-order chi connectivity index (χ1) is 9.65. The minimum Gasteiger partial charge on any atom is -0.399 e. The highest BCUT2D eigenvalue weighted by Gasteiger charge is 2.15. The van der Waals surface area contributed by atoms with Crippen molar-refractivity contribution in [3.05, 3.63) is 40.6 Å². The molecule has 3 rings (SSSR count). The maximum atomic E-state index is 9.90. The van der Waals surface area contributed by atoms with Gasteiger partial charge < -0.3 is 15.4 Å². The number of aromatic nitrogens is 3. The van der Waals surface area contributed by atoms with Gasteiger partial charge >= 0.3 is 0 Å². The van der Waals surface area contributed by atoms with Crippen LogP contribution in [-0.4, -0.2) is 19.6 Å². The number of benzene rings is 1. The standard InChI is InChI=1S/C14H16N4OS/c1-9(19)14-17-11-8-10(15)2-3-12(11)18(14)6-4-13-16-5-7-20-13/h2-3,5,7-9,19H,4,6,15H2,1H3. The van der Waals surface area contributed by atoms with Crippen LogP contribution < -0.4 is 5.73 Å². The maximum absolute atomic E-state index is 9.90. The highest BCUT2D eigenvalue weighted by Crippen LogP contribution is 2.23. The van der Waals surface area contributed by atoms with Gasteiger partial charge in [-0.15, -0.1) is 11.3 Å². The summed E-state index contributed by atoms with van der Waals surface area (Å²) < 4.78 is 2.04. The number of imidazole rings is 1. The molecule has 1 aromatic carbocycles. The Hall–Kier alpha value is -1.92. The molecule has 2 heterocycles. The fourth-order valence-corrected chi connectivity index (χ4v) is 2.91. The van der Waals surface area contributed by atoms with Crippen molar-refractivity contribution in [3.63, 3.8) is 0 Å². The number of nitrogens with zero attached hydrogens (tertiary/aromatic N) is 3. The first-order valence-corrected chi connectivity index (χ1v) is 7.35. The molecule has 0 amide bonds. The van der Waals surface area contributed by atoms with E-state index in [1.54, 1.807) is 18.3 Å². The lowest BCUT2D eigenvalue weighted by atomic mass is 10.3. The molecule has 0 fully saturated rings. The minimum absolute atomic E-state index is 0.611. The third-order valence-electron chi connectivity index (χ3n) is 3.21. The molecule has 0 saturated heterocycles. The van der Waals surface area contributed by atoms with Crippen molar-refractivity contribution in [1.82, 2.24) is 14.5 Å². The molecule has 3 N–H and O–H groups in total. The van der Waals surface area contributed by atoms with Crippen molar-refractivity contribution >= 4 is 28.1 Å². The molecule has 1 unspecified atom stereocenters. The van der Waals surface area contributed by atoms with Gasteiger partial charge in [-0.1, -0.05) is 0 Å². The van der Waals surface area contributed by atoms with Crippen LogP contribution in [0.25, 0.3) is 11.0 Å². The molecule has 6 heteroatoms. The number of nitrogen functional groups attached to an aromatic ring is 1. The minimum atomic E-state index is -0.611. The zero-order valence-electron chi connectivity index (χ0n) is 11.2. The number of hydrogen-bond donors (Lipinski definition) is 2. The van der Waals surface area contributed by atoms with Gasteiger partial charge in [0.15, 0.2) is 0 Å². The van der Waals surface area contributed by atoms with Crippen LogP contribution in [-0.2, 0) is 13.0 Å². The van der Waals surface area contributed by atoms with Crippen LogP contribution in [0.1, 0.15) is 23.9 Å². The number of aliphatic hydroxyl groups is 1. The van der Waals surface area contributed by atoms with Crippen LogP contribution in [0.15, 0.2) is 29.8 Å². The van der Waals surface area contributed by atoms with Crippen molar-refractivity contribution in [1.29, 1.82) is 0 Å². The van der Waals surface area contributed by atoms with E-state index >= 15 is 0 Å². The summed E-state index contributed by atoms with van der Waals surface area (Å²) in [6.45, 7) is 2.47. The van der Waals surface area contributed by atoms with Crippen molar-refractivity contribution in [2.24, 2.45) is 0 Å². The Kier molecular flexibility index (Phi) is 3.42. The highest BCUT2D eigenvalue weighted by molar-refractivity contribution is 7.09. The molecule has 0 aliphatic rings. The van der Waals surface area contributed by atoms with Crippen molar-refractivity contribution < 1.29 is 5.11 Å². The van der Waals surface area contributed by atoms with Crippen LogP contribution in [0.2, 0.25) is 0 Å². The van der Waals surface area contributed by atoms with Crippen molar-refractivity contribution in [3.8, 4) is 0 Å². The second kappa shape index (κ2) is 5.22. The lowest BCUT2D eigenvalue weighted by Crippen LogP contribution is -2.08. The van der Waals surface area contributed by atoms with Crippen LogP contribution in [0.3, 0.4) is 0 Å². The van der Waals surface area contributed by atoms with E-state index in [1.165, 1.54) is 0 Å². The van der Waals surface area contributed by atoms with Crippen LogP contribution in [0.4, 0.5) is 5.69 Å². The lowest BCUT2D eigenvalue weighted by Gasteiger charge is -2.10. The third kappa shape index (κ3) is 2.39. The maximum Gasteiger partial charge on any atom is 0.138 e. The number of aryl methyl sites for hydroxylation is 2. The average Bonchev–Trinajstić information content (AvgIpc) is 3.02.